The Balaban J connectivity index is 2.37. The van der Waals surface area contributed by atoms with Gasteiger partial charge in [-0.15, -0.1) is 0 Å². The average molecular weight is 261 g/mol. The van der Waals surface area contributed by atoms with Gasteiger partial charge in [0.1, 0.15) is 5.75 Å². The largest absolute Gasteiger partial charge is 0.503 e. The van der Waals surface area contributed by atoms with Crippen LogP contribution in [0.2, 0.25) is 5.02 Å². The van der Waals surface area contributed by atoms with E-state index in [0.717, 1.165) is 0 Å². The van der Waals surface area contributed by atoms with Crippen molar-refractivity contribution in [2.75, 3.05) is 0 Å². The van der Waals surface area contributed by atoms with Crippen LogP contribution in [0.3, 0.4) is 0 Å². The Kier molecular flexibility index (Phi) is 3.35. The topological polar surface area (TPSA) is 66.1 Å². The van der Waals surface area contributed by atoms with Crippen LogP contribution >= 0.6 is 11.6 Å². The fourth-order valence-electron chi connectivity index (χ4n) is 1.40. The maximum absolute atomic E-state index is 9.61. The first-order valence-electron chi connectivity index (χ1n) is 5.13. The Morgan fingerprint density at radius 2 is 2.11 bits per heavy atom. The normalized spacial score (nSPS) is 9.83. The molecule has 0 saturated heterocycles. The number of nitriles is 1. The molecule has 18 heavy (non-hydrogen) atoms. The Morgan fingerprint density at radius 1 is 1.33 bits per heavy atom. The summed E-state index contributed by atoms with van der Waals surface area (Å²) in [4.78, 5) is 4.05. The van der Waals surface area contributed by atoms with E-state index < -0.39 is 0 Å². The number of halogens is 1. The van der Waals surface area contributed by atoms with E-state index in [0.29, 0.717) is 22.0 Å². The molecular weight excluding hydrogens is 252 g/mol. The Morgan fingerprint density at radius 3 is 2.83 bits per heavy atom. The van der Waals surface area contributed by atoms with Gasteiger partial charge in [-0.05, 0) is 37.3 Å². The predicted molar refractivity (Wildman–Crippen MR) is 66.9 cm³/mol. The highest BCUT2D eigenvalue weighted by molar-refractivity contribution is 6.30. The minimum atomic E-state index is -0.0703. The van der Waals surface area contributed by atoms with Crippen LogP contribution in [0.4, 0.5) is 0 Å². The minimum absolute atomic E-state index is 0.0703. The number of rotatable bonds is 2. The molecule has 0 fully saturated rings. The van der Waals surface area contributed by atoms with Crippen LogP contribution in [0.5, 0.6) is 17.4 Å². The van der Waals surface area contributed by atoms with E-state index >= 15 is 0 Å². The van der Waals surface area contributed by atoms with Gasteiger partial charge in [0, 0.05) is 10.7 Å². The number of pyridine rings is 1. The Hall–Kier alpha value is -2.25. The van der Waals surface area contributed by atoms with Gasteiger partial charge in [-0.1, -0.05) is 11.6 Å². The van der Waals surface area contributed by atoms with Gasteiger partial charge in [-0.2, -0.15) is 5.26 Å². The van der Waals surface area contributed by atoms with Gasteiger partial charge >= 0.3 is 0 Å². The SMILES string of the molecule is Cc1ccc(O)c(Oc2cc(Cl)cc(C#N)c2)n1. The molecule has 0 spiro atoms. The van der Waals surface area contributed by atoms with Crippen LogP contribution in [0.1, 0.15) is 11.3 Å². The molecule has 0 radical (unpaired) electrons. The lowest BCUT2D eigenvalue weighted by Gasteiger charge is -2.07. The molecule has 2 rings (SSSR count). The van der Waals surface area contributed by atoms with Crippen molar-refractivity contribution in [3.63, 3.8) is 0 Å². The fourth-order valence-corrected chi connectivity index (χ4v) is 1.62. The highest BCUT2D eigenvalue weighted by Crippen LogP contribution is 2.30. The molecule has 1 aromatic carbocycles. The van der Waals surface area contributed by atoms with Gasteiger partial charge in [0.15, 0.2) is 5.75 Å². The summed E-state index contributed by atoms with van der Waals surface area (Å²) < 4.78 is 5.42. The smallest absolute Gasteiger partial charge is 0.262 e. The molecule has 0 atom stereocenters. The van der Waals surface area contributed by atoms with Crippen molar-refractivity contribution in [1.82, 2.24) is 4.98 Å². The zero-order valence-corrected chi connectivity index (χ0v) is 10.3. The number of hydrogen-bond acceptors (Lipinski definition) is 4. The third-order valence-corrected chi connectivity index (χ3v) is 2.41. The summed E-state index contributed by atoms with van der Waals surface area (Å²) in [6.45, 7) is 1.78. The summed E-state index contributed by atoms with van der Waals surface area (Å²) in [5, 5.41) is 18.8. The zero-order valence-electron chi connectivity index (χ0n) is 9.51. The highest BCUT2D eigenvalue weighted by atomic mass is 35.5. The second kappa shape index (κ2) is 4.94. The van der Waals surface area contributed by atoms with Gasteiger partial charge < -0.3 is 9.84 Å². The van der Waals surface area contributed by atoms with Crippen molar-refractivity contribution in [2.45, 2.75) is 6.92 Å². The first kappa shape index (κ1) is 12.2. The van der Waals surface area contributed by atoms with Crippen LogP contribution in [0, 0.1) is 18.3 Å². The Labute approximate surface area is 109 Å². The maximum atomic E-state index is 9.61. The van der Waals surface area contributed by atoms with Crippen LogP contribution in [-0.4, -0.2) is 10.1 Å². The Bertz CT molecular complexity index is 635. The van der Waals surface area contributed by atoms with E-state index in [1.54, 1.807) is 19.1 Å². The molecule has 0 saturated carbocycles. The van der Waals surface area contributed by atoms with Crippen LogP contribution in [-0.2, 0) is 0 Å². The quantitative estimate of drug-likeness (QED) is 0.898. The zero-order chi connectivity index (χ0) is 13.1. The van der Waals surface area contributed by atoms with E-state index in [1.165, 1.54) is 18.2 Å². The lowest BCUT2D eigenvalue weighted by molar-refractivity contribution is 0.396. The van der Waals surface area contributed by atoms with Gasteiger partial charge in [0.25, 0.3) is 5.88 Å². The highest BCUT2D eigenvalue weighted by Gasteiger charge is 2.07. The fraction of sp³-hybridized carbons (Fsp3) is 0.0769. The summed E-state index contributed by atoms with van der Waals surface area (Å²) in [7, 11) is 0. The number of aromatic nitrogens is 1. The standard InChI is InChI=1S/C13H9ClN2O2/c1-8-2-3-12(17)13(16-8)18-11-5-9(7-15)4-10(14)6-11/h2-6,17H,1H3. The molecule has 0 aliphatic rings. The molecule has 1 aromatic heterocycles. The van der Waals surface area contributed by atoms with E-state index in [-0.39, 0.29) is 11.6 Å². The molecule has 0 aliphatic carbocycles. The van der Waals surface area contributed by atoms with Gasteiger partial charge in [0.2, 0.25) is 0 Å². The average Bonchev–Trinajstić information content (AvgIpc) is 2.33. The summed E-state index contributed by atoms with van der Waals surface area (Å²) in [6.07, 6.45) is 0. The van der Waals surface area contributed by atoms with Crippen LogP contribution in [0.15, 0.2) is 30.3 Å². The lowest BCUT2D eigenvalue weighted by atomic mass is 10.2. The summed E-state index contributed by atoms with van der Waals surface area (Å²) in [5.74, 6) is 0.368. The van der Waals surface area contributed by atoms with E-state index in [9.17, 15) is 5.11 Å². The lowest BCUT2D eigenvalue weighted by Crippen LogP contribution is -1.91. The van der Waals surface area contributed by atoms with Crippen molar-refractivity contribution in [1.29, 1.82) is 5.26 Å². The first-order valence-corrected chi connectivity index (χ1v) is 5.51. The van der Waals surface area contributed by atoms with Crippen molar-refractivity contribution in [3.05, 3.63) is 46.6 Å². The molecule has 1 heterocycles. The number of ether oxygens (including phenoxy) is 1. The number of benzene rings is 1. The van der Waals surface area contributed by atoms with Gasteiger partial charge in [0.05, 0.1) is 11.6 Å². The second-order valence-corrected chi connectivity index (χ2v) is 4.10. The molecule has 0 aliphatic heterocycles. The van der Waals surface area contributed by atoms with Crippen molar-refractivity contribution >= 4 is 11.6 Å². The summed E-state index contributed by atoms with van der Waals surface area (Å²) in [6, 6.07) is 9.73. The third-order valence-electron chi connectivity index (χ3n) is 2.19. The molecule has 5 heteroatoms. The van der Waals surface area contributed by atoms with E-state index in [1.807, 2.05) is 6.07 Å². The number of nitrogens with zero attached hydrogens (tertiary/aromatic N) is 2. The number of aromatic hydroxyl groups is 1. The number of aryl methyl sites for hydroxylation is 1. The molecule has 4 nitrogen and oxygen atoms in total. The molecule has 0 bridgehead atoms. The molecule has 0 amide bonds. The summed E-state index contributed by atoms with van der Waals surface area (Å²) in [5.41, 5.74) is 1.09. The molecule has 0 unspecified atom stereocenters. The van der Waals surface area contributed by atoms with Gasteiger partial charge in [-0.3, -0.25) is 0 Å². The van der Waals surface area contributed by atoms with Gasteiger partial charge in [-0.25, -0.2) is 4.98 Å². The minimum Gasteiger partial charge on any atom is -0.503 e. The monoisotopic (exact) mass is 260 g/mol. The van der Waals surface area contributed by atoms with Crippen LogP contribution < -0.4 is 4.74 Å². The molecule has 90 valence electrons. The van der Waals surface area contributed by atoms with Crippen LogP contribution in [0.25, 0.3) is 0 Å². The van der Waals surface area contributed by atoms with E-state index in [4.69, 9.17) is 21.6 Å². The van der Waals surface area contributed by atoms with Crippen molar-refractivity contribution < 1.29 is 9.84 Å². The molecule has 2 aromatic rings. The second-order valence-electron chi connectivity index (χ2n) is 3.67. The third kappa shape index (κ3) is 2.70. The van der Waals surface area contributed by atoms with Crippen molar-refractivity contribution in [3.8, 4) is 23.4 Å². The van der Waals surface area contributed by atoms with E-state index in [2.05, 4.69) is 4.98 Å². The molecular formula is C13H9ClN2O2. The summed E-state index contributed by atoms with van der Waals surface area (Å²) >= 11 is 5.85. The first-order chi connectivity index (χ1) is 8.58. The molecule has 1 N–H and O–H groups in total. The number of hydrogen-bond donors (Lipinski definition) is 1. The van der Waals surface area contributed by atoms with Crippen molar-refractivity contribution in [2.24, 2.45) is 0 Å². The maximum Gasteiger partial charge on any atom is 0.262 e. The predicted octanol–water partition coefficient (Wildman–Crippen LogP) is 3.41.